The highest BCUT2D eigenvalue weighted by molar-refractivity contribution is 5.17. The number of nitrogens with zero attached hydrogens (tertiary/aromatic N) is 2. The molecule has 1 heterocycles. The fourth-order valence-electron chi connectivity index (χ4n) is 1.85. The molecule has 0 saturated heterocycles. The van der Waals surface area contributed by atoms with E-state index in [9.17, 15) is 0 Å². The lowest BCUT2D eigenvalue weighted by Crippen LogP contribution is -1.87. The zero-order valence-electron chi connectivity index (χ0n) is 7.64. The molecular formula is C10H13N3. The van der Waals surface area contributed by atoms with Gasteiger partial charge < -0.3 is 4.98 Å². The van der Waals surface area contributed by atoms with E-state index in [0.717, 1.165) is 18.7 Å². The molecule has 3 heteroatoms. The highest BCUT2D eigenvalue weighted by Crippen LogP contribution is 2.18. The van der Waals surface area contributed by atoms with Crippen LogP contribution in [0.3, 0.4) is 0 Å². The summed E-state index contributed by atoms with van der Waals surface area (Å²) < 4.78 is 0. The van der Waals surface area contributed by atoms with Crippen molar-refractivity contribution in [1.29, 1.82) is 5.26 Å². The second-order valence-electron chi connectivity index (χ2n) is 3.50. The number of hydrogen-bond acceptors (Lipinski definition) is 2. The smallest absolute Gasteiger partial charge is 0.120 e. The van der Waals surface area contributed by atoms with Crippen LogP contribution in [0, 0.1) is 11.3 Å². The standard InChI is InChI=1S/C10H13N3/c11-7-6-10-12-8-4-2-1-3-5-9(8)13-10/h1-6H2,(H,12,13). The zero-order valence-corrected chi connectivity index (χ0v) is 7.64. The molecule has 1 aliphatic carbocycles. The average molecular weight is 175 g/mol. The minimum atomic E-state index is 0.410. The summed E-state index contributed by atoms with van der Waals surface area (Å²) in [7, 11) is 0. The van der Waals surface area contributed by atoms with Crippen LogP contribution in [0.2, 0.25) is 0 Å². The summed E-state index contributed by atoms with van der Waals surface area (Å²) in [6, 6.07) is 2.12. The normalized spacial score (nSPS) is 15.9. The van der Waals surface area contributed by atoms with Crippen molar-refractivity contribution in [2.45, 2.75) is 38.5 Å². The van der Waals surface area contributed by atoms with Gasteiger partial charge in [-0.3, -0.25) is 0 Å². The Kier molecular flexibility index (Phi) is 2.31. The van der Waals surface area contributed by atoms with Gasteiger partial charge in [-0.25, -0.2) is 4.98 Å². The first-order valence-corrected chi connectivity index (χ1v) is 4.84. The zero-order chi connectivity index (χ0) is 9.10. The van der Waals surface area contributed by atoms with E-state index in [1.54, 1.807) is 0 Å². The second-order valence-corrected chi connectivity index (χ2v) is 3.50. The Hall–Kier alpha value is -1.30. The van der Waals surface area contributed by atoms with Crippen LogP contribution in [0.1, 0.15) is 36.5 Å². The molecule has 2 rings (SSSR count). The van der Waals surface area contributed by atoms with Crippen molar-refractivity contribution in [3.05, 3.63) is 17.2 Å². The minimum Gasteiger partial charge on any atom is -0.345 e. The van der Waals surface area contributed by atoms with Crippen LogP contribution in [0.15, 0.2) is 0 Å². The molecule has 1 aromatic rings. The van der Waals surface area contributed by atoms with Crippen LogP contribution in [-0.4, -0.2) is 9.97 Å². The van der Waals surface area contributed by atoms with Gasteiger partial charge in [-0.05, 0) is 25.7 Å². The maximum absolute atomic E-state index is 8.53. The lowest BCUT2D eigenvalue weighted by molar-refractivity contribution is 0.700. The SMILES string of the molecule is N#CCc1nc2c([nH]1)CCCCC2. The lowest BCUT2D eigenvalue weighted by atomic mass is 10.2. The summed E-state index contributed by atoms with van der Waals surface area (Å²) in [4.78, 5) is 7.66. The van der Waals surface area contributed by atoms with Crippen LogP contribution >= 0.6 is 0 Å². The highest BCUT2D eigenvalue weighted by Gasteiger charge is 2.12. The van der Waals surface area contributed by atoms with E-state index in [-0.39, 0.29) is 0 Å². The predicted molar refractivity (Wildman–Crippen MR) is 49.2 cm³/mol. The number of fused-ring (bicyclic) bond motifs is 1. The molecule has 0 bridgehead atoms. The quantitative estimate of drug-likeness (QED) is 0.661. The topological polar surface area (TPSA) is 52.5 Å². The summed E-state index contributed by atoms with van der Waals surface area (Å²) in [5.74, 6) is 0.842. The van der Waals surface area contributed by atoms with Gasteiger partial charge in [-0.2, -0.15) is 5.26 Å². The van der Waals surface area contributed by atoms with Gasteiger partial charge in [0.2, 0.25) is 0 Å². The fourth-order valence-corrected chi connectivity index (χ4v) is 1.85. The number of nitriles is 1. The Labute approximate surface area is 77.8 Å². The number of aromatic nitrogens is 2. The van der Waals surface area contributed by atoms with E-state index in [4.69, 9.17) is 5.26 Å². The van der Waals surface area contributed by atoms with Crippen molar-refractivity contribution < 1.29 is 0 Å². The van der Waals surface area contributed by atoms with Crippen LogP contribution in [0.25, 0.3) is 0 Å². The number of imidazole rings is 1. The predicted octanol–water partition coefficient (Wildman–Crippen LogP) is 1.74. The summed E-state index contributed by atoms with van der Waals surface area (Å²) >= 11 is 0. The molecule has 0 radical (unpaired) electrons. The third-order valence-corrected chi connectivity index (χ3v) is 2.50. The summed E-state index contributed by atoms with van der Waals surface area (Å²) in [6.45, 7) is 0. The number of rotatable bonds is 1. The van der Waals surface area contributed by atoms with Gasteiger partial charge in [0.1, 0.15) is 5.82 Å². The first-order chi connectivity index (χ1) is 6.40. The number of aromatic amines is 1. The van der Waals surface area contributed by atoms with Crippen molar-refractivity contribution >= 4 is 0 Å². The van der Waals surface area contributed by atoms with Crippen molar-refractivity contribution in [3.63, 3.8) is 0 Å². The second kappa shape index (κ2) is 3.61. The van der Waals surface area contributed by atoms with Crippen LogP contribution in [0.5, 0.6) is 0 Å². The van der Waals surface area contributed by atoms with Crippen molar-refractivity contribution in [2.75, 3.05) is 0 Å². The Bertz CT molecular complexity index is 309. The van der Waals surface area contributed by atoms with Gasteiger partial charge in [-0.15, -0.1) is 0 Å². The lowest BCUT2D eigenvalue weighted by Gasteiger charge is -1.92. The molecule has 0 aliphatic heterocycles. The molecule has 1 N–H and O–H groups in total. The van der Waals surface area contributed by atoms with Crippen molar-refractivity contribution in [1.82, 2.24) is 9.97 Å². The Morgan fingerprint density at radius 3 is 3.00 bits per heavy atom. The van der Waals surface area contributed by atoms with Gasteiger partial charge >= 0.3 is 0 Å². The largest absolute Gasteiger partial charge is 0.345 e. The fraction of sp³-hybridized carbons (Fsp3) is 0.600. The van der Waals surface area contributed by atoms with Crippen molar-refractivity contribution in [2.24, 2.45) is 0 Å². The maximum atomic E-state index is 8.53. The van der Waals surface area contributed by atoms with Crippen molar-refractivity contribution in [3.8, 4) is 6.07 Å². The third kappa shape index (κ3) is 1.72. The molecule has 0 spiro atoms. The molecule has 1 aromatic heterocycles. The minimum absolute atomic E-state index is 0.410. The molecule has 13 heavy (non-hydrogen) atoms. The molecule has 0 saturated carbocycles. The van der Waals surface area contributed by atoms with Crippen LogP contribution in [0.4, 0.5) is 0 Å². The van der Waals surface area contributed by atoms with Gasteiger partial charge in [0.15, 0.2) is 0 Å². The van der Waals surface area contributed by atoms with Crippen LogP contribution in [-0.2, 0) is 19.3 Å². The summed E-state index contributed by atoms with van der Waals surface area (Å²) in [5.41, 5.74) is 2.46. The molecule has 0 amide bonds. The summed E-state index contributed by atoms with van der Waals surface area (Å²) in [5, 5.41) is 8.53. The maximum Gasteiger partial charge on any atom is 0.120 e. The molecule has 1 aliphatic rings. The Balaban J connectivity index is 2.23. The molecule has 0 unspecified atom stereocenters. The first kappa shape index (κ1) is 8.31. The monoisotopic (exact) mass is 175 g/mol. The Morgan fingerprint density at radius 1 is 1.31 bits per heavy atom. The number of nitrogens with one attached hydrogen (secondary N) is 1. The van der Waals surface area contributed by atoms with Gasteiger partial charge in [0.25, 0.3) is 0 Å². The average Bonchev–Trinajstić information content (AvgIpc) is 2.37. The number of aryl methyl sites for hydroxylation is 2. The van der Waals surface area contributed by atoms with E-state index in [2.05, 4.69) is 16.0 Å². The molecule has 3 nitrogen and oxygen atoms in total. The number of H-pyrrole nitrogens is 1. The molecule has 68 valence electrons. The highest BCUT2D eigenvalue weighted by atomic mass is 14.9. The van der Waals surface area contributed by atoms with E-state index < -0.39 is 0 Å². The van der Waals surface area contributed by atoms with E-state index in [1.807, 2.05) is 0 Å². The van der Waals surface area contributed by atoms with Gasteiger partial charge in [0, 0.05) is 5.69 Å². The van der Waals surface area contributed by atoms with Crippen LogP contribution < -0.4 is 0 Å². The van der Waals surface area contributed by atoms with E-state index >= 15 is 0 Å². The molecule has 0 atom stereocenters. The molecular weight excluding hydrogens is 162 g/mol. The first-order valence-electron chi connectivity index (χ1n) is 4.84. The molecule has 0 fully saturated rings. The Morgan fingerprint density at radius 2 is 2.15 bits per heavy atom. The van der Waals surface area contributed by atoms with Gasteiger partial charge in [0.05, 0.1) is 18.2 Å². The molecule has 0 aromatic carbocycles. The van der Waals surface area contributed by atoms with E-state index in [0.29, 0.717) is 6.42 Å². The summed E-state index contributed by atoms with van der Waals surface area (Å²) in [6.07, 6.45) is 6.39. The van der Waals surface area contributed by atoms with Gasteiger partial charge in [-0.1, -0.05) is 6.42 Å². The van der Waals surface area contributed by atoms with E-state index in [1.165, 1.54) is 30.7 Å². The third-order valence-electron chi connectivity index (χ3n) is 2.50. The number of hydrogen-bond donors (Lipinski definition) is 1.